The molecule has 4 heterocycles. The molecule has 0 unspecified atom stereocenters. The molecule has 0 aliphatic carbocycles. The summed E-state index contributed by atoms with van der Waals surface area (Å²) in [7, 11) is 0. The summed E-state index contributed by atoms with van der Waals surface area (Å²) in [6.45, 7) is 3.82. The van der Waals surface area contributed by atoms with Crippen molar-refractivity contribution in [3.63, 3.8) is 0 Å². The maximum absolute atomic E-state index is 5.99. The van der Waals surface area contributed by atoms with Crippen molar-refractivity contribution in [3.05, 3.63) is 36.0 Å². The number of ether oxygens (including phenoxy) is 1. The molecule has 0 bridgehead atoms. The van der Waals surface area contributed by atoms with E-state index in [2.05, 4.69) is 19.9 Å². The fraction of sp³-hybridized carbons (Fsp3) is 0.600. The van der Waals surface area contributed by atoms with Crippen molar-refractivity contribution in [2.24, 2.45) is 0 Å². The molecule has 4 rings (SSSR count). The van der Waals surface area contributed by atoms with Gasteiger partial charge in [-0.25, -0.2) is 4.68 Å². The molecule has 1 saturated heterocycles. The number of rotatable bonds is 4. The molecule has 21 heavy (non-hydrogen) atoms. The first-order valence-electron chi connectivity index (χ1n) is 7.65. The van der Waals surface area contributed by atoms with E-state index in [1.807, 2.05) is 18.3 Å². The third-order valence-electron chi connectivity index (χ3n) is 4.49. The number of nitrogens with zero attached hydrogens (tertiary/aromatic N) is 4. The molecule has 2 aromatic rings. The fourth-order valence-corrected chi connectivity index (χ4v) is 3.39. The molecular formula is C15H20N4O2. The summed E-state index contributed by atoms with van der Waals surface area (Å²) in [6, 6.07) is 4.35. The highest BCUT2D eigenvalue weighted by molar-refractivity contribution is 5.01. The van der Waals surface area contributed by atoms with Crippen LogP contribution in [0.2, 0.25) is 0 Å². The van der Waals surface area contributed by atoms with Gasteiger partial charge in [-0.05, 0) is 31.5 Å². The van der Waals surface area contributed by atoms with Crippen LogP contribution < -0.4 is 0 Å². The van der Waals surface area contributed by atoms with E-state index < -0.39 is 0 Å². The Morgan fingerprint density at radius 2 is 2.38 bits per heavy atom. The van der Waals surface area contributed by atoms with Crippen molar-refractivity contribution in [1.82, 2.24) is 19.9 Å². The average Bonchev–Trinajstić information content (AvgIpc) is 3.18. The Morgan fingerprint density at radius 3 is 3.29 bits per heavy atom. The van der Waals surface area contributed by atoms with Gasteiger partial charge in [0, 0.05) is 19.5 Å². The van der Waals surface area contributed by atoms with E-state index in [1.165, 1.54) is 0 Å². The van der Waals surface area contributed by atoms with Gasteiger partial charge in [-0.3, -0.25) is 0 Å². The van der Waals surface area contributed by atoms with Crippen LogP contribution in [0.5, 0.6) is 0 Å². The highest BCUT2D eigenvalue weighted by Gasteiger charge is 2.35. The van der Waals surface area contributed by atoms with Gasteiger partial charge in [0.25, 0.3) is 0 Å². The summed E-state index contributed by atoms with van der Waals surface area (Å²) in [5.41, 5.74) is 1.10. The minimum absolute atomic E-state index is 0.247. The first kappa shape index (κ1) is 13.0. The Hall–Kier alpha value is -1.66. The lowest BCUT2D eigenvalue weighted by molar-refractivity contribution is -0.0689. The van der Waals surface area contributed by atoms with Gasteiger partial charge >= 0.3 is 0 Å². The van der Waals surface area contributed by atoms with Gasteiger partial charge < -0.3 is 14.1 Å². The summed E-state index contributed by atoms with van der Waals surface area (Å²) < 4.78 is 13.4. The number of hydrogen-bond acceptors (Lipinski definition) is 5. The molecule has 0 radical (unpaired) electrons. The number of piperidine rings is 1. The van der Waals surface area contributed by atoms with E-state index in [0.717, 1.165) is 50.4 Å². The number of aryl methyl sites for hydroxylation is 1. The van der Waals surface area contributed by atoms with Crippen molar-refractivity contribution in [3.8, 4) is 0 Å². The minimum Gasteiger partial charge on any atom is -0.469 e. The Balaban J connectivity index is 1.31. The van der Waals surface area contributed by atoms with Crippen LogP contribution in [0.4, 0.5) is 0 Å². The van der Waals surface area contributed by atoms with Crippen LogP contribution in [0.15, 0.2) is 29.0 Å². The van der Waals surface area contributed by atoms with E-state index in [-0.39, 0.29) is 6.10 Å². The minimum atomic E-state index is 0.247. The number of fused-ring (bicyclic) bond motifs is 3. The monoisotopic (exact) mass is 288 g/mol. The zero-order valence-electron chi connectivity index (χ0n) is 12.0. The predicted octanol–water partition coefficient (Wildman–Crippen LogP) is 1.65. The summed E-state index contributed by atoms with van der Waals surface area (Å²) in [5.74, 6) is 1.08. The summed E-state index contributed by atoms with van der Waals surface area (Å²) in [5, 5.41) is 8.22. The van der Waals surface area contributed by atoms with Gasteiger partial charge in [-0.1, -0.05) is 5.21 Å². The number of hydrogen-bond donors (Lipinski definition) is 0. The molecule has 0 spiro atoms. The zero-order valence-corrected chi connectivity index (χ0v) is 12.0. The standard InChI is InChI=1S/C15H20N4O2/c1(3-13-4-2-8-20-13)6-18-7-5-14-15(10-18)21-11-12-9-16-17-19(12)14/h2,4,8-9,14-15H,1,3,5-7,10-11H2/t14-,15-/m0/s1. The van der Waals surface area contributed by atoms with Gasteiger partial charge in [0.2, 0.25) is 0 Å². The molecule has 1 fully saturated rings. The van der Waals surface area contributed by atoms with Gasteiger partial charge in [-0.2, -0.15) is 0 Å². The summed E-state index contributed by atoms with van der Waals surface area (Å²) >= 11 is 0. The molecule has 6 nitrogen and oxygen atoms in total. The van der Waals surface area contributed by atoms with Gasteiger partial charge in [0.1, 0.15) is 5.76 Å². The lowest BCUT2D eigenvalue weighted by atomic mass is 10.00. The van der Waals surface area contributed by atoms with Crippen LogP contribution in [0, 0.1) is 0 Å². The lowest BCUT2D eigenvalue weighted by Gasteiger charge is -2.41. The van der Waals surface area contributed by atoms with Crippen LogP contribution in [0.3, 0.4) is 0 Å². The van der Waals surface area contributed by atoms with Crippen molar-refractivity contribution in [2.75, 3.05) is 19.6 Å². The summed E-state index contributed by atoms with van der Waals surface area (Å²) in [6.07, 6.45) is 7.02. The van der Waals surface area contributed by atoms with E-state index in [1.54, 1.807) is 6.26 Å². The average molecular weight is 288 g/mol. The van der Waals surface area contributed by atoms with Crippen LogP contribution in [-0.2, 0) is 17.8 Å². The van der Waals surface area contributed by atoms with E-state index in [0.29, 0.717) is 12.6 Å². The van der Waals surface area contributed by atoms with Gasteiger partial charge in [-0.15, -0.1) is 5.10 Å². The summed E-state index contributed by atoms with van der Waals surface area (Å²) in [4.78, 5) is 2.49. The van der Waals surface area contributed by atoms with E-state index >= 15 is 0 Å². The van der Waals surface area contributed by atoms with Crippen molar-refractivity contribution >= 4 is 0 Å². The van der Waals surface area contributed by atoms with Crippen molar-refractivity contribution < 1.29 is 9.15 Å². The van der Waals surface area contributed by atoms with E-state index in [9.17, 15) is 0 Å². The molecule has 0 amide bonds. The van der Waals surface area contributed by atoms with Crippen LogP contribution in [0.1, 0.15) is 30.3 Å². The Bertz CT molecular complexity index is 580. The number of likely N-dealkylation sites (tertiary alicyclic amines) is 1. The Labute approximate surface area is 123 Å². The molecule has 2 atom stereocenters. The highest BCUT2D eigenvalue weighted by Crippen LogP contribution is 2.30. The Morgan fingerprint density at radius 1 is 1.38 bits per heavy atom. The van der Waals surface area contributed by atoms with Gasteiger partial charge in [0.15, 0.2) is 0 Å². The highest BCUT2D eigenvalue weighted by atomic mass is 16.5. The first-order valence-corrected chi connectivity index (χ1v) is 7.65. The fourth-order valence-electron chi connectivity index (χ4n) is 3.39. The molecule has 0 saturated carbocycles. The molecular weight excluding hydrogens is 268 g/mol. The normalized spacial score (nSPS) is 25.5. The van der Waals surface area contributed by atoms with Crippen LogP contribution >= 0.6 is 0 Å². The molecule has 2 aliphatic heterocycles. The number of aromatic nitrogens is 3. The molecule has 0 N–H and O–H groups in total. The molecule has 2 aromatic heterocycles. The number of furan rings is 1. The molecule has 2 aliphatic rings. The SMILES string of the molecule is c1coc(CCCN2CC[C@H]3[C@H](C2)OCc2cnnn23)c1. The maximum atomic E-state index is 5.99. The van der Waals surface area contributed by atoms with Crippen molar-refractivity contribution in [1.29, 1.82) is 0 Å². The van der Waals surface area contributed by atoms with E-state index in [4.69, 9.17) is 9.15 Å². The van der Waals surface area contributed by atoms with Crippen LogP contribution in [-0.4, -0.2) is 45.6 Å². The Kier molecular flexibility index (Phi) is 3.48. The predicted molar refractivity (Wildman–Crippen MR) is 75.7 cm³/mol. The molecule has 6 heteroatoms. The second-order valence-corrected chi connectivity index (χ2v) is 5.86. The van der Waals surface area contributed by atoms with Crippen LogP contribution in [0.25, 0.3) is 0 Å². The molecule has 112 valence electrons. The zero-order chi connectivity index (χ0) is 14.1. The third kappa shape index (κ3) is 2.61. The quantitative estimate of drug-likeness (QED) is 0.856. The second-order valence-electron chi connectivity index (χ2n) is 5.86. The van der Waals surface area contributed by atoms with Crippen molar-refractivity contribution in [2.45, 2.75) is 38.0 Å². The van der Waals surface area contributed by atoms with Gasteiger partial charge in [0.05, 0.1) is 36.9 Å². The largest absolute Gasteiger partial charge is 0.469 e. The maximum Gasteiger partial charge on any atom is 0.103 e. The lowest BCUT2D eigenvalue weighted by Crippen LogP contribution is -2.48. The smallest absolute Gasteiger partial charge is 0.103 e. The third-order valence-corrected chi connectivity index (χ3v) is 4.49. The first-order chi connectivity index (χ1) is 10.4. The molecule has 0 aromatic carbocycles. The topological polar surface area (TPSA) is 56.3 Å². The second kappa shape index (κ2) is 5.61.